The summed E-state index contributed by atoms with van der Waals surface area (Å²) in [5.74, 6) is 1.08. The monoisotopic (exact) mass is 317 g/mol. The molecule has 0 amide bonds. The molecule has 0 radical (unpaired) electrons. The Hall–Kier alpha value is -1.31. The van der Waals surface area contributed by atoms with Crippen molar-refractivity contribution in [2.75, 3.05) is 39.4 Å². The van der Waals surface area contributed by atoms with Crippen LogP contribution in [-0.2, 0) is 14.6 Å². The highest BCUT2D eigenvalue weighted by atomic mass is 32.2. The van der Waals surface area contributed by atoms with Gasteiger partial charge in [-0.05, 0) is 24.6 Å². The number of benzene rings is 1. The molecule has 7 heteroatoms. The molecule has 1 rings (SSSR count). The normalized spacial score (nSPS) is 13.0. The highest BCUT2D eigenvalue weighted by Gasteiger charge is 2.20. The van der Waals surface area contributed by atoms with E-state index in [-0.39, 0.29) is 11.5 Å². The fraction of sp³-hybridized carbons (Fsp3) is 0.571. The largest absolute Gasteiger partial charge is 0.497 e. The fourth-order valence-corrected chi connectivity index (χ4v) is 3.45. The summed E-state index contributed by atoms with van der Waals surface area (Å²) in [5.41, 5.74) is 6.66. The van der Waals surface area contributed by atoms with Crippen molar-refractivity contribution in [1.82, 2.24) is 0 Å². The van der Waals surface area contributed by atoms with Gasteiger partial charge in [0.25, 0.3) is 0 Å². The first-order valence-corrected chi connectivity index (χ1v) is 8.42. The Labute approximate surface area is 126 Å². The Kier molecular flexibility index (Phi) is 6.94. The molecule has 21 heavy (non-hydrogen) atoms. The molecule has 0 bridgehead atoms. The van der Waals surface area contributed by atoms with Crippen molar-refractivity contribution in [2.24, 2.45) is 5.73 Å². The summed E-state index contributed by atoms with van der Waals surface area (Å²) in [6.45, 7) is 0.414. The third kappa shape index (κ3) is 5.53. The van der Waals surface area contributed by atoms with E-state index in [2.05, 4.69) is 0 Å². The lowest BCUT2D eigenvalue weighted by Crippen LogP contribution is -2.24. The first-order chi connectivity index (χ1) is 9.93. The van der Waals surface area contributed by atoms with E-state index in [4.69, 9.17) is 19.9 Å². The maximum Gasteiger partial charge on any atom is 0.152 e. The van der Waals surface area contributed by atoms with E-state index >= 15 is 0 Å². The van der Waals surface area contributed by atoms with Gasteiger partial charge in [0.15, 0.2) is 9.84 Å². The fourth-order valence-electron chi connectivity index (χ4n) is 2.00. The van der Waals surface area contributed by atoms with Crippen molar-refractivity contribution < 1.29 is 22.6 Å². The predicted octanol–water partition coefficient (Wildman–Crippen LogP) is 1.15. The summed E-state index contributed by atoms with van der Waals surface area (Å²) in [4.78, 5) is 0. The summed E-state index contributed by atoms with van der Waals surface area (Å²) in [7, 11) is 1.35. The van der Waals surface area contributed by atoms with Crippen LogP contribution in [0.2, 0.25) is 0 Å². The van der Waals surface area contributed by atoms with Gasteiger partial charge in [-0.2, -0.15) is 0 Å². The summed E-state index contributed by atoms with van der Waals surface area (Å²) >= 11 is 0. The molecule has 6 nitrogen and oxygen atoms in total. The van der Waals surface area contributed by atoms with Gasteiger partial charge in [0.05, 0.1) is 25.7 Å². The molecule has 0 heterocycles. The maximum atomic E-state index is 12.0. The minimum Gasteiger partial charge on any atom is -0.497 e. The van der Waals surface area contributed by atoms with Gasteiger partial charge in [-0.3, -0.25) is 0 Å². The van der Waals surface area contributed by atoms with Crippen LogP contribution in [-0.4, -0.2) is 47.9 Å². The van der Waals surface area contributed by atoms with Gasteiger partial charge in [-0.15, -0.1) is 0 Å². The average molecular weight is 317 g/mol. The minimum atomic E-state index is -3.25. The minimum absolute atomic E-state index is 0.0564. The first-order valence-electron chi connectivity index (χ1n) is 6.60. The van der Waals surface area contributed by atoms with Gasteiger partial charge >= 0.3 is 0 Å². The van der Waals surface area contributed by atoms with Crippen molar-refractivity contribution >= 4 is 9.84 Å². The molecule has 1 aromatic carbocycles. The zero-order valence-electron chi connectivity index (χ0n) is 12.7. The molecule has 2 N–H and O–H groups in total. The maximum absolute atomic E-state index is 12.0. The van der Waals surface area contributed by atoms with E-state index in [1.54, 1.807) is 32.4 Å². The molecule has 0 saturated carbocycles. The second-order valence-corrected chi connectivity index (χ2v) is 6.90. The standard InChI is InChI=1S/C14H23NO5S/c1-18-7-4-8-21(16,17)10-13(15)12-9-11(19-2)5-6-14(12)20-3/h5-6,9,13H,4,7-8,10,15H2,1-3H3. The zero-order chi connectivity index (χ0) is 15.9. The molecule has 0 fully saturated rings. The molecule has 0 spiro atoms. The Morgan fingerprint density at radius 3 is 2.48 bits per heavy atom. The van der Waals surface area contributed by atoms with Crippen molar-refractivity contribution in [1.29, 1.82) is 0 Å². The van der Waals surface area contributed by atoms with E-state index in [0.29, 0.717) is 30.1 Å². The lowest BCUT2D eigenvalue weighted by Gasteiger charge is -2.17. The van der Waals surface area contributed by atoms with Crippen LogP contribution in [0.25, 0.3) is 0 Å². The third-order valence-electron chi connectivity index (χ3n) is 3.07. The lowest BCUT2D eigenvalue weighted by molar-refractivity contribution is 0.199. The second-order valence-electron chi connectivity index (χ2n) is 4.68. The van der Waals surface area contributed by atoms with Crippen molar-refractivity contribution in [3.05, 3.63) is 23.8 Å². The average Bonchev–Trinajstić information content (AvgIpc) is 2.46. The molecule has 1 atom stereocenters. The summed E-state index contributed by atoms with van der Waals surface area (Å²) in [6, 6.07) is 4.49. The van der Waals surface area contributed by atoms with Crippen molar-refractivity contribution in [3.8, 4) is 11.5 Å². The van der Waals surface area contributed by atoms with Crippen LogP contribution in [0, 0.1) is 0 Å². The van der Waals surface area contributed by atoms with Crippen LogP contribution >= 0.6 is 0 Å². The summed E-state index contributed by atoms with van der Waals surface area (Å²) in [5, 5.41) is 0. The van der Waals surface area contributed by atoms with Gasteiger partial charge in [-0.1, -0.05) is 0 Å². The third-order valence-corrected chi connectivity index (χ3v) is 4.85. The van der Waals surface area contributed by atoms with E-state index in [1.807, 2.05) is 0 Å². The van der Waals surface area contributed by atoms with E-state index in [1.165, 1.54) is 7.11 Å². The van der Waals surface area contributed by atoms with E-state index in [0.717, 1.165) is 0 Å². The van der Waals surface area contributed by atoms with Crippen LogP contribution in [0.15, 0.2) is 18.2 Å². The summed E-state index contributed by atoms with van der Waals surface area (Å²) < 4.78 is 39.3. The Morgan fingerprint density at radius 2 is 1.90 bits per heavy atom. The van der Waals surface area contributed by atoms with Crippen LogP contribution in [0.1, 0.15) is 18.0 Å². The zero-order valence-corrected chi connectivity index (χ0v) is 13.5. The summed E-state index contributed by atoms with van der Waals surface area (Å²) in [6.07, 6.45) is 0.459. The predicted molar refractivity (Wildman–Crippen MR) is 81.6 cm³/mol. The molecule has 120 valence electrons. The number of sulfone groups is 1. The topological polar surface area (TPSA) is 87.9 Å². The molecule has 1 aromatic rings. The smallest absolute Gasteiger partial charge is 0.152 e. The van der Waals surface area contributed by atoms with Crippen LogP contribution < -0.4 is 15.2 Å². The van der Waals surface area contributed by atoms with Gasteiger partial charge in [0.1, 0.15) is 11.5 Å². The molecular formula is C14H23NO5S. The van der Waals surface area contributed by atoms with Gasteiger partial charge in [-0.25, -0.2) is 8.42 Å². The number of nitrogens with two attached hydrogens (primary N) is 1. The SMILES string of the molecule is COCCCS(=O)(=O)CC(N)c1cc(OC)ccc1OC. The number of ether oxygens (including phenoxy) is 3. The molecule has 0 aliphatic rings. The molecular weight excluding hydrogens is 294 g/mol. The van der Waals surface area contributed by atoms with Gasteiger partial charge in [0.2, 0.25) is 0 Å². The van der Waals surface area contributed by atoms with Gasteiger partial charge in [0, 0.05) is 25.3 Å². The number of hydrogen-bond donors (Lipinski definition) is 1. The Bertz CT molecular complexity index is 544. The van der Waals surface area contributed by atoms with E-state index in [9.17, 15) is 8.42 Å². The number of rotatable bonds is 9. The second kappa shape index (κ2) is 8.21. The molecule has 0 aliphatic heterocycles. The number of hydrogen-bond acceptors (Lipinski definition) is 6. The molecule has 0 aliphatic carbocycles. The highest BCUT2D eigenvalue weighted by Crippen LogP contribution is 2.29. The van der Waals surface area contributed by atoms with Crippen molar-refractivity contribution in [2.45, 2.75) is 12.5 Å². The quantitative estimate of drug-likeness (QED) is 0.688. The molecule has 1 unspecified atom stereocenters. The Morgan fingerprint density at radius 1 is 1.19 bits per heavy atom. The number of methoxy groups -OCH3 is 3. The van der Waals surface area contributed by atoms with Crippen LogP contribution in [0.3, 0.4) is 0 Å². The van der Waals surface area contributed by atoms with Crippen LogP contribution in [0.4, 0.5) is 0 Å². The molecule has 0 saturated heterocycles. The Balaban J connectivity index is 2.85. The first kappa shape index (κ1) is 17.7. The van der Waals surface area contributed by atoms with Gasteiger partial charge < -0.3 is 19.9 Å². The lowest BCUT2D eigenvalue weighted by atomic mass is 10.1. The van der Waals surface area contributed by atoms with Crippen molar-refractivity contribution in [3.63, 3.8) is 0 Å². The van der Waals surface area contributed by atoms with Crippen LogP contribution in [0.5, 0.6) is 11.5 Å². The highest BCUT2D eigenvalue weighted by molar-refractivity contribution is 7.91. The van der Waals surface area contributed by atoms with E-state index < -0.39 is 15.9 Å². The molecule has 0 aromatic heterocycles.